The summed E-state index contributed by atoms with van der Waals surface area (Å²) in [6, 6.07) is 1.63. The SMILES string of the molecule is CCSC1CCC(NC2CC(C)CC(C)C2)C1. The first-order valence-electron chi connectivity index (χ1n) is 7.55. The topological polar surface area (TPSA) is 12.0 Å². The van der Waals surface area contributed by atoms with Gasteiger partial charge in [-0.3, -0.25) is 0 Å². The van der Waals surface area contributed by atoms with Crippen LogP contribution in [0.25, 0.3) is 0 Å². The number of nitrogens with one attached hydrogen (secondary N) is 1. The lowest BCUT2D eigenvalue weighted by Crippen LogP contribution is -2.41. The number of rotatable bonds is 4. The summed E-state index contributed by atoms with van der Waals surface area (Å²) in [4.78, 5) is 0. The van der Waals surface area contributed by atoms with Crippen LogP contribution < -0.4 is 5.32 Å². The van der Waals surface area contributed by atoms with E-state index in [1.54, 1.807) is 0 Å². The van der Waals surface area contributed by atoms with Crippen molar-refractivity contribution < 1.29 is 0 Å². The van der Waals surface area contributed by atoms with Crippen LogP contribution in [0.3, 0.4) is 0 Å². The fourth-order valence-corrected chi connectivity index (χ4v) is 5.04. The molecule has 2 heteroatoms. The first-order chi connectivity index (χ1) is 8.17. The van der Waals surface area contributed by atoms with Gasteiger partial charge in [0, 0.05) is 17.3 Å². The highest BCUT2D eigenvalue weighted by Crippen LogP contribution is 2.33. The van der Waals surface area contributed by atoms with E-state index in [4.69, 9.17) is 0 Å². The summed E-state index contributed by atoms with van der Waals surface area (Å²) in [6.45, 7) is 7.14. The van der Waals surface area contributed by atoms with E-state index in [1.807, 2.05) is 0 Å². The van der Waals surface area contributed by atoms with Gasteiger partial charge in [-0.25, -0.2) is 0 Å². The summed E-state index contributed by atoms with van der Waals surface area (Å²) in [5, 5.41) is 4.89. The minimum absolute atomic E-state index is 0.809. The van der Waals surface area contributed by atoms with Crippen molar-refractivity contribution in [3.05, 3.63) is 0 Å². The Kier molecular flexibility index (Phi) is 5.23. The van der Waals surface area contributed by atoms with Crippen LogP contribution >= 0.6 is 11.8 Å². The van der Waals surface area contributed by atoms with E-state index in [1.165, 1.54) is 44.3 Å². The molecular formula is C15H29NS. The van der Waals surface area contributed by atoms with E-state index >= 15 is 0 Å². The van der Waals surface area contributed by atoms with Crippen molar-refractivity contribution in [3.8, 4) is 0 Å². The minimum atomic E-state index is 0.809. The van der Waals surface area contributed by atoms with Crippen LogP contribution in [-0.2, 0) is 0 Å². The molecule has 2 fully saturated rings. The maximum absolute atomic E-state index is 3.95. The molecule has 0 radical (unpaired) electrons. The molecule has 0 saturated heterocycles. The van der Waals surface area contributed by atoms with Gasteiger partial charge in [-0.15, -0.1) is 0 Å². The molecule has 1 nitrogen and oxygen atoms in total. The second-order valence-corrected chi connectivity index (χ2v) is 7.95. The summed E-state index contributed by atoms with van der Waals surface area (Å²) in [7, 11) is 0. The van der Waals surface area contributed by atoms with Crippen molar-refractivity contribution in [1.82, 2.24) is 5.32 Å². The molecule has 0 aliphatic heterocycles. The predicted octanol–water partition coefficient (Wildman–Crippen LogP) is 4.07. The maximum Gasteiger partial charge on any atom is 0.00805 e. The van der Waals surface area contributed by atoms with Gasteiger partial charge in [0.15, 0.2) is 0 Å². The highest BCUT2D eigenvalue weighted by molar-refractivity contribution is 7.99. The zero-order valence-electron chi connectivity index (χ0n) is 11.7. The Bertz CT molecular complexity index is 221. The molecule has 100 valence electrons. The van der Waals surface area contributed by atoms with Crippen molar-refractivity contribution in [2.75, 3.05) is 5.75 Å². The highest BCUT2D eigenvalue weighted by Gasteiger charge is 2.29. The second-order valence-electron chi connectivity index (χ2n) is 6.37. The van der Waals surface area contributed by atoms with E-state index in [-0.39, 0.29) is 0 Å². The molecule has 0 aromatic rings. The summed E-state index contributed by atoms with van der Waals surface area (Å²) in [5.41, 5.74) is 0. The van der Waals surface area contributed by atoms with Crippen molar-refractivity contribution in [1.29, 1.82) is 0 Å². The first-order valence-corrected chi connectivity index (χ1v) is 8.59. The third kappa shape index (κ3) is 4.17. The molecule has 4 unspecified atom stereocenters. The van der Waals surface area contributed by atoms with E-state index in [9.17, 15) is 0 Å². The van der Waals surface area contributed by atoms with Crippen molar-refractivity contribution >= 4 is 11.8 Å². The molecule has 1 N–H and O–H groups in total. The largest absolute Gasteiger partial charge is 0.311 e. The Morgan fingerprint density at radius 2 is 1.65 bits per heavy atom. The molecule has 0 aromatic carbocycles. The monoisotopic (exact) mass is 255 g/mol. The summed E-state index contributed by atoms with van der Waals surface area (Å²) in [6.07, 6.45) is 8.53. The molecule has 0 spiro atoms. The quantitative estimate of drug-likeness (QED) is 0.812. The zero-order chi connectivity index (χ0) is 12.3. The van der Waals surface area contributed by atoms with E-state index in [0.29, 0.717) is 0 Å². The van der Waals surface area contributed by atoms with E-state index in [0.717, 1.165) is 29.2 Å². The van der Waals surface area contributed by atoms with Crippen LogP contribution in [0.5, 0.6) is 0 Å². The van der Waals surface area contributed by atoms with Gasteiger partial charge >= 0.3 is 0 Å². The van der Waals surface area contributed by atoms with Crippen molar-refractivity contribution in [2.24, 2.45) is 11.8 Å². The number of hydrogen-bond acceptors (Lipinski definition) is 2. The molecule has 2 aliphatic rings. The number of hydrogen-bond donors (Lipinski definition) is 1. The molecule has 0 bridgehead atoms. The number of thioether (sulfide) groups is 1. The van der Waals surface area contributed by atoms with Crippen LogP contribution in [0.4, 0.5) is 0 Å². The van der Waals surface area contributed by atoms with Gasteiger partial charge in [0.05, 0.1) is 0 Å². The molecule has 2 aliphatic carbocycles. The van der Waals surface area contributed by atoms with Crippen LogP contribution in [0.1, 0.15) is 59.3 Å². The lowest BCUT2D eigenvalue weighted by molar-refractivity contribution is 0.225. The fraction of sp³-hybridized carbons (Fsp3) is 1.00. The zero-order valence-corrected chi connectivity index (χ0v) is 12.6. The van der Waals surface area contributed by atoms with Crippen LogP contribution in [0, 0.1) is 11.8 Å². The Morgan fingerprint density at radius 1 is 0.941 bits per heavy atom. The Labute approximate surface area is 112 Å². The average molecular weight is 255 g/mol. The summed E-state index contributed by atoms with van der Waals surface area (Å²) < 4.78 is 0. The van der Waals surface area contributed by atoms with E-state index < -0.39 is 0 Å². The Balaban J connectivity index is 1.74. The molecule has 2 rings (SSSR count). The third-order valence-corrected chi connectivity index (χ3v) is 5.67. The fourth-order valence-electron chi connectivity index (χ4n) is 3.89. The van der Waals surface area contributed by atoms with Gasteiger partial charge in [0.25, 0.3) is 0 Å². The molecule has 2 saturated carbocycles. The Morgan fingerprint density at radius 3 is 2.29 bits per heavy atom. The van der Waals surface area contributed by atoms with Gasteiger partial charge in [-0.2, -0.15) is 11.8 Å². The van der Waals surface area contributed by atoms with Crippen molar-refractivity contribution in [3.63, 3.8) is 0 Å². The molecular weight excluding hydrogens is 226 g/mol. The molecule has 0 aromatic heterocycles. The summed E-state index contributed by atoms with van der Waals surface area (Å²) >= 11 is 2.17. The Hall–Kier alpha value is 0.310. The van der Waals surface area contributed by atoms with Gasteiger partial charge in [-0.1, -0.05) is 20.8 Å². The second kappa shape index (κ2) is 6.47. The summed E-state index contributed by atoms with van der Waals surface area (Å²) in [5.74, 6) is 3.14. The van der Waals surface area contributed by atoms with Crippen LogP contribution in [0.2, 0.25) is 0 Å². The minimum Gasteiger partial charge on any atom is -0.311 e. The van der Waals surface area contributed by atoms with Gasteiger partial charge in [0.2, 0.25) is 0 Å². The van der Waals surface area contributed by atoms with Gasteiger partial charge < -0.3 is 5.32 Å². The smallest absolute Gasteiger partial charge is 0.00805 e. The highest BCUT2D eigenvalue weighted by atomic mass is 32.2. The lowest BCUT2D eigenvalue weighted by atomic mass is 9.80. The average Bonchev–Trinajstić information content (AvgIpc) is 2.64. The molecule has 17 heavy (non-hydrogen) atoms. The third-order valence-electron chi connectivity index (χ3n) is 4.44. The van der Waals surface area contributed by atoms with Crippen molar-refractivity contribution in [2.45, 2.75) is 76.6 Å². The molecule has 4 atom stereocenters. The molecule has 0 heterocycles. The standard InChI is InChI=1S/C15H29NS/c1-4-17-15-6-5-13(10-15)16-14-8-11(2)7-12(3)9-14/h11-16H,4-10H2,1-3H3. The molecule has 0 amide bonds. The van der Waals surface area contributed by atoms with Crippen LogP contribution in [0.15, 0.2) is 0 Å². The predicted molar refractivity (Wildman–Crippen MR) is 78.7 cm³/mol. The maximum atomic E-state index is 3.95. The normalized spacial score (nSPS) is 42.9. The van der Waals surface area contributed by atoms with Gasteiger partial charge in [0.1, 0.15) is 0 Å². The van der Waals surface area contributed by atoms with Gasteiger partial charge in [-0.05, 0) is 56.1 Å². The first kappa shape index (κ1) is 13.7. The lowest BCUT2D eigenvalue weighted by Gasteiger charge is -2.34. The van der Waals surface area contributed by atoms with E-state index in [2.05, 4.69) is 37.8 Å². The van der Waals surface area contributed by atoms with Crippen LogP contribution in [-0.4, -0.2) is 23.1 Å².